The van der Waals surface area contributed by atoms with Crippen molar-refractivity contribution in [2.24, 2.45) is 0 Å². The van der Waals surface area contributed by atoms with Crippen molar-refractivity contribution in [3.8, 4) is 0 Å². The highest BCUT2D eigenvalue weighted by atomic mass is 19.4. The third kappa shape index (κ3) is 4.77. The molecule has 2 aromatic heterocycles. The fourth-order valence-corrected chi connectivity index (χ4v) is 5.54. The summed E-state index contributed by atoms with van der Waals surface area (Å²) in [4.78, 5) is 17.9. The molecular weight excluding hydrogens is 493 g/mol. The van der Waals surface area contributed by atoms with E-state index < -0.39 is 17.3 Å². The second kappa shape index (κ2) is 9.41. The van der Waals surface area contributed by atoms with Gasteiger partial charge in [-0.2, -0.15) is 18.2 Å². The van der Waals surface area contributed by atoms with Crippen LogP contribution in [0.15, 0.2) is 42.6 Å². The lowest BCUT2D eigenvalue weighted by atomic mass is 10.1. The van der Waals surface area contributed by atoms with Gasteiger partial charge in [-0.25, -0.2) is 9.97 Å². The van der Waals surface area contributed by atoms with E-state index in [0.29, 0.717) is 43.7 Å². The maximum atomic E-state index is 13.7. The molecule has 1 saturated carbocycles. The standard InChI is InChI=1S/C28H31F3N6O/c1-18-4-3-15-37(18)26-34-23-11-17-36(25-22(28(29,30)31)5-2-14-32-25)16-10-21(23)24(35-26)33-20-8-6-19(7-9-20)27(38)12-13-27/h2,5-9,14,18,38H,3-4,10-13,15-17H2,1H3,(H,33,34,35). The first kappa shape index (κ1) is 24.9. The minimum Gasteiger partial charge on any atom is -0.385 e. The van der Waals surface area contributed by atoms with Crippen LogP contribution in [0.25, 0.3) is 0 Å². The number of hydrogen-bond donors (Lipinski definition) is 2. The smallest absolute Gasteiger partial charge is 0.385 e. The van der Waals surface area contributed by atoms with E-state index in [0.717, 1.165) is 60.8 Å². The van der Waals surface area contributed by atoms with Crippen LogP contribution in [0.3, 0.4) is 0 Å². The van der Waals surface area contributed by atoms with Gasteiger partial charge in [-0.05, 0) is 68.9 Å². The van der Waals surface area contributed by atoms with Gasteiger partial charge in [0.1, 0.15) is 11.6 Å². The first-order chi connectivity index (χ1) is 18.2. The molecule has 7 nitrogen and oxygen atoms in total. The normalized spacial score (nSPS) is 20.7. The zero-order chi connectivity index (χ0) is 26.5. The van der Waals surface area contributed by atoms with Crippen LogP contribution in [0.4, 0.5) is 36.4 Å². The van der Waals surface area contributed by atoms with E-state index >= 15 is 0 Å². The van der Waals surface area contributed by atoms with Crippen molar-refractivity contribution >= 4 is 23.3 Å². The van der Waals surface area contributed by atoms with Crippen molar-refractivity contribution in [1.82, 2.24) is 15.0 Å². The third-order valence-corrected chi connectivity index (χ3v) is 7.94. The van der Waals surface area contributed by atoms with Gasteiger partial charge in [0.15, 0.2) is 0 Å². The molecule has 3 aliphatic rings. The second-order valence-electron chi connectivity index (χ2n) is 10.6. The lowest BCUT2D eigenvalue weighted by molar-refractivity contribution is -0.137. The van der Waals surface area contributed by atoms with Crippen LogP contribution < -0.4 is 15.1 Å². The SMILES string of the molecule is CC1CCCN1c1nc2c(c(Nc3ccc(C4(O)CC4)cc3)n1)CCN(c1ncccc1C(F)(F)F)CC2. The van der Waals surface area contributed by atoms with Crippen molar-refractivity contribution in [2.45, 2.75) is 63.3 Å². The van der Waals surface area contributed by atoms with E-state index in [1.54, 1.807) is 4.90 Å². The number of pyridine rings is 1. The van der Waals surface area contributed by atoms with Gasteiger partial charge in [0, 0.05) is 49.5 Å². The molecule has 1 unspecified atom stereocenters. The molecule has 2 N–H and O–H groups in total. The highest BCUT2D eigenvalue weighted by molar-refractivity contribution is 5.63. The fourth-order valence-electron chi connectivity index (χ4n) is 5.54. The average molecular weight is 525 g/mol. The van der Waals surface area contributed by atoms with Crippen molar-refractivity contribution in [3.05, 3.63) is 65.0 Å². The van der Waals surface area contributed by atoms with E-state index in [1.807, 2.05) is 24.3 Å². The Morgan fingerprint density at radius 2 is 1.79 bits per heavy atom. The minimum atomic E-state index is -4.48. The highest BCUT2D eigenvalue weighted by Crippen LogP contribution is 2.45. The Kier molecular flexibility index (Phi) is 6.17. The third-order valence-electron chi connectivity index (χ3n) is 7.94. The predicted octanol–water partition coefficient (Wildman–Crippen LogP) is 5.21. The number of anilines is 4. The van der Waals surface area contributed by atoms with E-state index in [-0.39, 0.29) is 5.82 Å². The van der Waals surface area contributed by atoms with Crippen molar-refractivity contribution in [3.63, 3.8) is 0 Å². The summed E-state index contributed by atoms with van der Waals surface area (Å²) in [6.07, 6.45) is 1.60. The zero-order valence-corrected chi connectivity index (χ0v) is 21.3. The number of aromatic nitrogens is 3. The molecule has 1 saturated heterocycles. The lowest BCUT2D eigenvalue weighted by Gasteiger charge is -2.24. The lowest BCUT2D eigenvalue weighted by Crippen LogP contribution is -2.29. The Labute approximate surface area is 219 Å². The fraction of sp³-hybridized carbons (Fsp3) is 0.464. The average Bonchev–Trinajstić information content (AvgIpc) is 3.57. The van der Waals surface area contributed by atoms with Gasteiger partial charge in [-0.3, -0.25) is 0 Å². The molecule has 2 fully saturated rings. The summed E-state index contributed by atoms with van der Waals surface area (Å²) < 4.78 is 41.2. The molecule has 200 valence electrons. The van der Waals surface area contributed by atoms with E-state index in [2.05, 4.69) is 22.1 Å². The monoisotopic (exact) mass is 524 g/mol. The molecule has 6 rings (SSSR count). The topological polar surface area (TPSA) is 77.4 Å². The summed E-state index contributed by atoms with van der Waals surface area (Å²) in [5.74, 6) is 1.29. The van der Waals surface area contributed by atoms with Gasteiger partial charge < -0.3 is 20.2 Å². The highest BCUT2D eigenvalue weighted by Gasteiger charge is 2.42. The maximum Gasteiger partial charge on any atom is 0.419 e. The summed E-state index contributed by atoms with van der Waals surface area (Å²) >= 11 is 0. The number of nitrogens with zero attached hydrogens (tertiary/aromatic N) is 5. The predicted molar refractivity (Wildman–Crippen MR) is 140 cm³/mol. The molecule has 0 radical (unpaired) electrons. The maximum absolute atomic E-state index is 13.7. The van der Waals surface area contributed by atoms with E-state index in [9.17, 15) is 18.3 Å². The molecule has 1 aliphatic carbocycles. The summed E-state index contributed by atoms with van der Waals surface area (Å²) in [7, 11) is 0. The Balaban J connectivity index is 1.33. The molecule has 38 heavy (non-hydrogen) atoms. The van der Waals surface area contributed by atoms with Crippen LogP contribution >= 0.6 is 0 Å². The van der Waals surface area contributed by atoms with E-state index in [4.69, 9.17) is 9.97 Å². The summed E-state index contributed by atoms with van der Waals surface area (Å²) in [6.45, 7) is 3.79. The minimum absolute atomic E-state index is 0.0442. The molecule has 10 heteroatoms. The summed E-state index contributed by atoms with van der Waals surface area (Å²) in [6, 6.07) is 10.5. The molecule has 4 heterocycles. The molecule has 0 amide bonds. The molecule has 1 aromatic carbocycles. The number of benzene rings is 1. The Hall–Kier alpha value is -3.40. The van der Waals surface area contributed by atoms with Gasteiger partial charge >= 0.3 is 6.18 Å². The molecule has 3 aromatic rings. The van der Waals surface area contributed by atoms with Crippen LogP contribution in [0.2, 0.25) is 0 Å². The van der Waals surface area contributed by atoms with E-state index in [1.165, 1.54) is 12.3 Å². The number of nitrogens with one attached hydrogen (secondary N) is 1. The molecule has 0 bridgehead atoms. The van der Waals surface area contributed by atoms with Crippen LogP contribution in [0.1, 0.15) is 55.0 Å². The summed E-state index contributed by atoms with van der Waals surface area (Å²) in [5, 5.41) is 13.9. The first-order valence-corrected chi connectivity index (χ1v) is 13.2. The first-order valence-electron chi connectivity index (χ1n) is 13.2. The van der Waals surface area contributed by atoms with Crippen LogP contribution in [0.5, 0.6) is 0 Å². The molecule has 2 aliphatic heterocycles. The second-order valence-corrected chi connectivity index (χ2v) is 10.6. The molecule has 1 atom stereocenters. The summed E-state index contributed by atoms with van der Waals surface area (Å²) in [5.41, 5.74) is 2.09. The zero-order valence-electron chi connectivity index (χ0n) is 21.3. The van der Waals surface area contributed by atoms with Crippen molar-refractivity contribution in [2.75, 3.05) is 34.8 Å². The Bertz CT molecular complexity index is 1330. The quantitative estimate of drug-likeness (QED) is 0.475. The molecule has 0 spiro atoms. The number of hydrogen-bond acceptors (Lipinski definition) is 7. The van der Waals surface area contributed by atoms with Gasteiger partial charge in [0.25, 0.3) is 0 Å². The Morgan fingerprint density at radius 3 is 2.47 bits per heavy atom. The van der Waals surface area contributed by atoms with Crippen LogP contribution in [0, 0.1) is 0 Å². The van der Waals surface area contributed by atoms with Crippen molar-refractivity contribution < 1.29 is 18.3 Å². The number of fused-ring (bicyclic) bond motifs is 1. The number of aliphatic hydroxyl groups is 1. The largest absolute Gasteiger partial charge is 0.419 e. The van der Waals surface area contributed by atoms with Crippen LogP contribution in [-0.2, 0) is 24.6 Å². The van der Waals surface area contributed by atoms with Crippen LogP contribution in [-0.4, -0.2) is 45.7 Å². The number of alkyl halides is 3. The Morgan fingerprint density at radius 1 is 1.03 bits per heavy atom. The van der Waals surface area contributed by atoms with Crippen molar-refractivity contribution in [1.29, 1.82) is 0 Å². The molecular formula is C28H31F3N6O. The number of rotatable bonds is 5. The number of halogens is 3. The van der Waals surface area contributed by atoms with Gasteiger partial charge in [0.05, 0.1) is 16.9 Å². The van der Waals surface area contributed by atoms with Gasteiger partial charge in [0.2, 0.25) is 5.95 Å². The van der Waals surface area contributed by atoms with Gasteiger partial charge in [-0.15, -0.1) is 0 Å². The van der Waals surface area contributed by atoms with Gasteiger partial charge in [-0.1, -0.05) is 12.1 Å².